The molecule has 5 rings (SSSR count). The third-order valence-electron chi connectivity index (χ3n) is 7.27. The van der Waals surface area contributed by atoms with Gasteiger partial charge < -0.3 is 18.8 Å². The molecule has 2 aromatic carbocycles. The Labute approximate surface area is 224 Å². The summed E-state index contributed by atoms with van der Waals surface area (Å²) in [5.74, 6) is 0.830. The SMILES string of the molecule is CC(C)OC(=O)Nc1ccc(-c2c(C#N)c3ccc(OCCCN4CCOCC4)cc3n2C2CCC2)cc1. The number of carbonyl (C=O) groups is 1. The van der Waals surface area contributed by atoms with E-state index in [1.807, 2.05) is 50.2 Å². The lowest BCUT2D eigenvalue weighted by Crippen LogP contribution is -2.37. The number of carbonyl (C=O) groups excluding carboxylic acids is 1. The van der Waals surface area contributed by atoms with Crippen molar-refractivity contribution < 1.29 is 19.0 Å². The Bertz CT molecular complexity index is 1300. The van der Waals surface area contributed by atoms with Crippen molar-refractivity contribution in [3.05, 3.63) is 48.0 Å². The molecule has 38 heavy (non-hydrogen) atoms. The molecule has 0 radical (unpaired) electrons. The molecule has 2 fully saturated rings. The summed E-state index contributed by atoms with van der Waals surface area (Å²) in [6.45, 7) is 8.87. The summed E-state index contributed by atoms with van der Waals surface area (Å²) < 4.78 is 19.1. The van der Waals surface area contributed by atoms with Gasteiger partial charge in [0.05, 0.1) is 42.7 Å². The number of hydrogen-bond donors (Lipinski definition) is 1. The van der Waals surface area contributed by atoms with Crippen molar-refractivity contribution in [3.8, 4) is 23.1 Å². The van der Waals surface area contributed by atoms with Crippen LogP contribution in [0.5, 0.6) is 5.75 Å². The number of nitriles is 1. The minimum Gasteiger partial charge on any atom is -0.493 e. The first-order valence-corrected chi connectivity index (χ1v) is 13.6. The maximum atomic E-state index is 12.0. The number of ether oxygens (including phenoxy) is 3. The first-order valence-electron chi connectivity index (χ1n) is 13.6. The van der Waals surface area contributed by atoms with Crippen LogP contribution >= 0.6 is 0 Å². The molecule has 0 spiro atoms. The highest BCUT2D eigenvalue weighted by atomic mass is 16.6. The van der Waals surface area contributed by atoms with Crippen LogP contribution in [0, 0.1) is 11.3 Å². The van der Waals surface area contributed by atoms with Crippen molar-refractivity contribution in [2.75, 3.05) is 44.8 Å². The number of benzene rings is 2. The fraction of sp³-hybridized carbons (Fsp3) is 0.467. The Morgan fingerprint density at radius 2 is 1.92 bits per heavy atom. The minimum atomic E-state index is -0.480. The number of anilines is 1. The zero-order chi connectivity index (χ0) is 26.5. The quantitative estimate of drug-likeness (QED) is 0.353. The first kappa shape index (κ1) is 26.1. The van der Waals surface area contributed by atoms with Gasteiger partial charge in [0, 0.05) is 42.8 Å². The third-order valence-corrected chi connectivity index (χ3v) is 7.27. The molecule has 1 amide bonds. The van der Waals surface area contributed by atoms with Crippen LogP contribution in [0.4, 0.5) is 10.5 Å². The van der Waals surface area contributed by atoms with Crippen LogP contribution in [0.25, 0.3) is 22.2 Å². The monoisotopic (exact) mass is 516 g/mol. The first-order chi connectivity index (χ1) is 18.5. The van der Waals surface area contributed by atoms with Crippen molar-refractivity contribution in [3.63, 3.8) is 0 Å². The van der Waals surface area contributed by atoms with Gasteiger partial charge in [0.2, 0.25) is 0 Å². The number of nitrogens with zero attached hydrogens (tertiary/aromatic N) is 3. The second-order valence-electron chi connectivity index (χ2n) is 10.3. The lowest BCUT2D eigenvalue weighted by Gasteiger charge is -2.30. The van der Waals surface area contributed by atoms with Crippen molar-refractivity contribution in [2.24, 2.45) is 0 Å². The summed E-state index contributed by atoms with van der Waals surface area (Å²) in [6.07, 6.45) is 3.65. The molecule has 2 aliphatic rings. The van der Waals surface area contributed by atoms with E-state index in [4.69, 9.17) is 14.2 Å². The maximum absolute atomic E-state index is 12.0. The summed E-state index contributed by atoms with van der Waals surface area (Å²) in [6, 6.07) is 16.5. The molecule has 1 saturated heterocycles. The molecule has 8 nitrogen and oxygen atoms in total. The Morgan fingerprint density at radius 3 is 2.58 bits per heavy atom. The molecule has 0 atom stereocenters. The Kier molecular flexibility index (Phi) is 8.16. The highest BCUT2D eigenvalue weighted by Crippen LogP contribution is 2.43. The van der Waals surface area contributed by atoms with E-state index in [9.17, 15) is 10.1 Å². The van der Waals surface area contributed by atoms with Crippen LogP contribution in [0.3, 0.4) is 0 Å². The van der Waals surface area contributed by atoms with Crippen LogP contribution in [-0.4, -0.2) is 61.1 Å². The van der Waals surface area contributed by atoms with Gasteiger partial charge in [0.25, 0.3) is 0 Å². The van der Waals surface area contributed by atoms with Gasteiger partial charge >= 0.3 is 6.09 Å². The van der Waals surface area contributed by atoms with Gasteiger partial charge in [-0.05, 0) is 69.4 Å². The molecule has 1 N–H and O–H groups in total. The Balaban J connectivity index is 1.38. The predicted molar refractivity (Wildman–Crippen MR) is 148 cm³/mol. The van der Waals surface area contributed by atoms with E-state index in [1.165, 1.54) is 6.42 Å². The van der Waals surface area contributed by atoms with Crippen LogP contribution in [0.1, 0.15) is 51.1 Å². The molecule has 1 aromatic heterocycles. The topological polar surface area (TPSA) is 88.8 Å². The molecular weight excluding hydrogens is 480 g/mol. The number of fused-ring (bicyclic) bond motifs is 1. The van der Waals surface area contributed by atoms with E-state index in [-0.39, 0.29) is 6.10 Å². The molecule has 2 heterocycles. The smallest absolute Gasteiger partial charge is 0.411 e. The van der Waals surface area contributed by atoms with Gasteiger partial charge in [0.15, 0.2) is 0 Å². The Hall–Kier alpha value is -3.54. The lowest BCUT2D eigenvalue weighted by molar-refractivity contribution is 0.0358. The van der Waals surface area contributed by atoms with Crippen LogP contribution in [-0.2, 0) is 9.47 Å². The molecule has 1 aliphatic carbocycles. The van der Waals surface area contributed by atoms with Crippen LogP contribution in [0.2, 0.25) is 0 Å². The fourth-order valence-corrected chi connectivity index (χ4v) is 5.18. The maximum Gasteiger partial charge on any atom is 0.411 e. The number of aromatic nitrogens is 1. The van der Waals surface area contributed by atoms with E-state index >= 15 is 0 Å². The lowest BCUT2D eigenvalue weighted by atomic mass is 9.92. The number of morpholine rings is 1. The summed E-state index contributed by atoms with van der Waals surface area (Å²) in [5.41, 5.74) is 4.23. The summed E-state index contributed by atoms with van der Waals surface area (Å²) in [7, 11) is 0. The zero-order valence-corrected chi connectivity index (χ0v) is 22.2. The molecule has 3 aromatic rings. The van der Waals surface area contributed by atoms with E-state index < -0.39 is 6.09 Å². The van der Waals surface area contributed by atoms with Crippen molar-refractivity contribution in [1.29, 1.82) is 5.26 Å². The highest BCUT2D eigenvalue weighted by molar-refractivity contribution is 5.96. The average Bonchev–Trinajstić information content (AvgIpc) is 3.19. The number of nitrogens with one attached hydrogen (secondary N) is 1. The molecule has 8 heteroatoms. The van der Waals surface area contributed by atoms with E-state index in [0.29, 0.717) is 23.9 Å². The summed E-state index contributed by atoms with van der Waals surface area (Å²) in [4.78, 5) is 14.4. The Morgan fingerprint density at radius 1 is 1.16 bits per heavy atom. The fourth-order valence-electron chi connectivity index (χ4n) is 5.18. The van der Waals surface area contributed by atoms with Gasteiger partial charge in [-0.2, -0.15) is 5.26 Å². The molecular formula is C30H36N4O4. The van der Waals surface area contributed by atoms with Crippen molar-refractivity contribution in [2.45, 2.75) is 51.7 Å². The number of amides is 1. The van der Waals surface area contributed by atoms with Crippen molar-refractivity contribution >= 4 is 22.7 Å². The summed E-state index contributed by atoms with van der Waals surface area (Å²) >= 11 is 0. The molecule has 0 unspecified atom stereocenters. The van der Waals surface area contributed by atoms with Crippen LogP contribution in [0.15, 0.2) is 42.5 Å². The zero-order valence-electron chi connectivity index (χ0n) is 22.2. The van der Waals surface area contributed by atoms with Crippen LogP contribution < -0.4 is 10.1 Å². The molecule has 1 aliphatic heterocycles. The van der Waals surface area contributed by atoms with Crippen molar-refractivity contribution in [1.82, 2.24) is 9.47 Å². The van der Waals surface area contributed by atoms with Gasteiger partial charge in [-0.1, -0.05) is 12.1 Å². The van der Waals surface area contributed by atoms with Gasteiger partial charge in [-0.15, -0.1) is 0 Å². The summed E-state index contributed by atoms with van der Waals surface area (Å²) in [5, 5.41) is 13.9. The predicted octanol–water partition coefficient (Wildman–Crippen LogP) is 5.96. The minimum absolute atomic E-state index is 0.190. The molecule has 1 saturated carbocycles. The second-order valence-corrected chi connectivity index (χ2v) is 10.3. The van der Waals surface area contributed by atoms with E-state index in [2.05, 4.69) is 26.9 Å². The van der Waals surface area contributed by atoms with Gasteiger partial charge in [0.1, 0.15) is 11.8 Å². The standard InChI is InChI=1S/C30H36N4O4/c1-21(2)38-30(35)32-23-9-7-22(8-10-23)29-27(20-31)26-12-11-25(19-28(26)34(29)24-5-3-6-24)37-16-4-13-33-14-17-36-18-15-33/h7-12,19,21,24H,3-6,13-18H2,1-2H3,(H,32,35). The van der Waals surface area contributed by atoms with Gasteiger partial charge in [-0.3, -0.25) is 10.2 Å². The highest BCUT2D eigenvalue weighted by Gasteiger charge is 2.28. The number of hydrogen-bond acceptors (Lipinski definition) is 6. The second kappa shape index (κ2) is 11.9. The van der Waals surface area contributed by atoms with Gasteiger partial charge in [-0.25, -0.2) is 4.79 Å². The average molecular weight is 517 g/mol. The largest absolute Gasteiger partial charge is 0.493 e. The van der Waals surface area contributed by atoms with E-state index in [1.54, 1.807) is 0 Å². The normalized spacial score (nSPS) is 16.3. The molecule has 0 bridgehead atoms. The number of rotatable bonds is 9. The van der Waals surface area contributed by atoms with E-state index in [0.717, 1.165) is 80.0 Å². The third kappa shape index (κ3) is 5.79. The molecule has 200 valence electrons.